The number of aliphatic hydroxyl groups is 1. The van der Waals surface area contributed by atoms with Gasteiger partial charge in [-0.3, -0.25) is 19.5 Å². The Morgan fingerprint density at radius 2 is 1.86 bits per heavy atom. The molecule has 236 valence electrons. The minimum Gasteiger partial charge on any atom is -0.490 e. The Hall–Kier alpha value is -3.79. The minimum atomic E-state index is -0.444. The Morgan fingerprint density at radius 1 is 1.11 bits per heavy atom. The average Bonchev–Trinajstić information content (AvgIpc) is 3.03. The molecule has 0 bridgehead atoms. The summed E-state index contributed by atoms with van der Waals surface area (Å²) in [5.41, 5.74) is 2.51. The summed E-state index contributed by atoms with van der Waals surface area (Å²) in [6.07, 6.45) is 5.51. The number of nitrogens with zero attached hydrogens (tertiary/aromatic N) is 3. The molecule has 0 fully saturated rings. The molecule has 2 aromatic carbocycles. The van der Waals surface area contributed by atoms with Gasteiger partial charge in [0.2, 0.25) is 0 Å². The molecule has 1 aliphatic heterocycles. The Labute approximate surface area is 261 Å². The molecule has 0 saturated carbocycles. The Morgan fingerprint density at radius 3 is 2.59 bits per heavy atom. The minimum absolute atomic E-state index is 0.0213. The zero-order chi connectivity index (χ0) is 31.5. The van der Waals surface area contributed by atoms with Crippen molar-refractivity contribution in [3.63, 3.8) is 0 Å². The maximum absolute atomic E-state index is 14.3. The first-order chi connectivity index (χ1) is 21.2. The van der Waals surface area contributed by atoms with E-state index in [-0.39, 0.29) is 36.5 Å². The van der Waals surface area contributed by atoms with Crippen molar-refractivity contribution in [1.82, 2.24) is 14.8 Å². The number of nitrogens with one attached hydrogen (secondary N) is 1. The number of hydrogen-bond acceptors (Lipinski definition) is 7. The Bertz CT molecular complexity index is 1340. The van der Waals surface area contributed by atoms with E-state index < -0.39 is 6.04 Å². The molecule has 1 aromatic heterocycles. The largest absolute Gasteiger partial charge is 0.490 e. The third-order valence-electron chi connectivity index (χ3n) is 8.04. The number of benzene rings is 2. The monoisotopic (exact) mass is 602 g/mol. The molecule has 44 heavy (non-hydrogen) atoms. The summed E-state index contributed by atoms with van der Waals surface area (Å²) in [5.74, 6) is -0.135. The molecule has 0 aliphatic carbocycles. The number of carbonyl (C=O) groups excluding carboxylic acids is 2. The van der Waals surface area contributed by atoms with Crippen LogP contribution < -0.4 is 10.1 Å². The van der Waals surface area contributed by atoms with Crippen LogP contribution in [0.25, 0.3) is 0 Å². The zero-order valence-corrected chi connectivity index (χ0v) is 26.3. The quantitative estimate of drug-likeness (QED) is 0.363. The summed E-state index contributed by atoms with van der Waals surface area (Å²) in [5, 5.41) is 13.1. The van der Waals surface area contributed by atoms with Gasteiger partial charge in [-0.15, -0.1) is 0 Å². The third kappa shape index (κ3) is 9.35. The van der Waals surface area contributed by atoms with Crippen molar-refractivity contribution < 1.29 is 24.2 Å². The Kier molecular flexibility index (Phi) is 12.3. The van der Waals surface area contributed by atoms with Crippen molar-refractivity contribution in [1.29, 1.82) is 0 Å². The normalized spacial score (nSPS) is 20.7. The predicted molar refractivity (Wildman–Crippen MR) is 172 cm³/mol. The number of anilines is 1. The number of rotatable bonds is 8. The molecule has 2 amide bonds. The molecule has 2 heterocycles. The first kappa shape index (κ1) is 33.1. The highest BCUT2D eigenvalue weighted by atomic mass is 16.5. The smallest absolute Gasteiger partial charge is 0.258 e. The van der Waals surface area contributed by atoms with Crippen LogP contribution in [0.15, 0.2) is 73.1 Å². The number of fused-ring (bicyclic) bond motifs is 1. The molecule has 1 aliphatic rings. The first-order valence-electron chi connectivity index (χ1n) is 15.5. The van der Waals surface area contributed by atoms with Gasteiger partial charge in [-0.2, -0.15) is 0 Å². The van der Waals surface area contributed by atoms with E-state index in [0.29, 0.717) is 42.3 Å². The van der Waals surface area contributed by atoms with Crippen molar-refractivity contribution in [2.24, 2.45) is 5.92 Å². The van der Waals surface area contributed by atoms with Gasteiger partial charge in [-0.25, -0.2) is 0 Å². The number of pyridine rings is 1. The summed E-state index contributed by atoms with van der Waals surface area (Å²) in [4.78, 5) is 35.1. The molecule has 4 atom stereocenters. The fourth-order valence-corrected chi connectivity index (χ4v) is 5.44. The zero-order valence-electron chi connectivity index (χ0n) is 26.3. The fourth-order valence-electron chi connectivity index (χ4n) is 5.44. The highest BCUT2D eigenvalue weighted by Gasteiger charge is 2.30. The van der Waals surface area contributed by atoms with Crippen molar-refractivity contribution >= 4 is 17.5 Å². The Balaban J connectivity index is 1.61. The number of likely N-dealkylation sites (N-methyl/N-ethyl adjacent to an activating group) is 1. The lowest BCUT2D eigenvalue weighted by Gasteiger charge is -2.36. The van der Waals surface area contributed by atoms with Crippen molar-refractivity contribution in [3.8, 4) is 5.75 Å². The fraction of sp³-hybridized carbons (Fsp3) is 0.457. The van der Waals surface area contributed by atoms with Gasteiger partial charge in [-0.05, 0) is 76.1 Å². The molecular weight excluding hydrogens is 556 g/mol. The van der Waals surface area contributed by atoms with Gasteiger partial charge in [0.05, 0.1) is 30.4 Å². The van der Waals surface area contributed by atoms with Crippen LogP contribution >= 0.6 is 0 Å². The maximum Gasteiger partial charge on any atom is 0.258 e. The van der Waals surface area contributed by atoms with Gasteiger partial charge in [0, 0.05) is 55.8 Å². The van der Waals surface area contributed by atoms with E-state index in [1.165, 1.54) is 5.56 Å². The number of hydrogen-bond donors (Lipinski definition) is 2. The van der Waals surface area contributed by atoms with Crippen LogP contribution in [0.3, 0.4) is 0 Å². The van der Waals surface area contributed by atoms with E-state index in [1.54, 1.807) is 47.6 Å². The van der Waals surface area contributed by atoms with Crippen LogP contribution in [0.2, 0.25) is 0 Å². The van der Waals surface area contributed by atoms with Gasteiger partial charge >= 0.3 is 0 Å². The van der Waals surface area contributed by atoms with Crippen molar-refractivity contribution in [2.75, 3.05) is 38.7 Å². The van der Waals surface area contributed by atoms with E-state index in [1.807, 2.05) is 32.0 Å². The van der Waals surface area contributed by atoms with Crippen LogP contribution in [0.1, 0.15) is 66.3 Å². The second kappa shape index (κ2) is 16.3. The van der Waals surface area contributed by atoms with E-state index >= 15 is 0 Å². The summed E-state index contributed by atoms with van der Waals surface area (Å²) < 4.78 is 12.8. The lowest BCUT2D eigenvalue weighted by atomic mass is 10.0. The molecule has 0 unspecified atom stereocenters. The number of ether oxygens (including phenoxy) is 2. The molecular formula is C35H46N4O5. The summed E-state index contributed by atoms with van der Waals surface area (Å²) in [6.45, 7) is 8.24. The highest BCUT2D eigenvalue weighted by Crippen LogP contribution is 2.29. The number of aliphatic hydroxyl groups excluding tert-OH is 1. The molecule has 4 rings (SSSR count). The molecule has 2 N–H and O–H groups in total. The number of amides is 2. The van der Waals surface area contributed by atoms with E-state index in [9.17, 15) is 14.7 Å². The molecule has 0 spiro atoms. The second-order valence-electron chi connectivity index (χ2n) is 11.9. The van der Waals surface area contributed by atoms with Gasteiger partial charge in [-0.1, -0.05) is 37.3 Å². The maximum atomic E-state index is 14.3. The summed E-state index contributed by atoms with van der Waals surface area (Å²) in [6, 6.07) is 18.3. The van der Waals surface area contributed by atoms with Gasteiger partial charge in [0.15, 0.2) is 0 Å². The standard InChI is InChI=1S/C35H46N4O5/c1-25-21-39(26(2)24-40)35(42)31-20-30(37-34(41)29-15-17-36-18-16-29)13-14-32(31)44-27(3)10-8-9-19-43-33(25)23-38(4)22-28-11-6-5-7-12-28/h5-7,11-18,20,25-27,33,40H,8-10,19,21-24H2,1-4H3,(H,37,41)/t25-,26+,27-,33+/m0/s1. The van der Waals surface area contributed by atoms with Gasteiger partial charge in [0.1, 0.15) is 5.75 Å². The van der Waals surface area contributed by atoms with E-state index in [0.717, 1.165) is 25.8 Å². The summed E-state index contributed by atoms with van der Waals surface area (Å²) >= 11 is 0. The topological polar surface area (TPSA) is 104 Å². The van der Waals surface area contributed by atoms with Gasteiger partial charge in [0.25, 0.3) is 11.8 Å². The third-order valence-corrected chi connectivity index (χ3v) is 8.04. The number of aromatic nitrogens is 1. The second-order valence-corrected chi connectivity index (χ2v) is 11.9. The average molecular weight is 603 g/mol. The van der Waals surface area contributed by atoms with E-state index in [2.05, 4.69) is 41.3 Å². The van der Waals surface area contributed by atoms with E-state index in [4.69, 9.17) is 9.47 Å². The lowest BCUT2D eigenvalue weighted by molar-refractivity contribution is -0.0177. The van der Waals surface area contributed by atoms with Crippen LogP contribution in [-0.4, -0.2) is 83.3 Å². The lowest BCUT2D eigenvalue weighted by Crippen LogP contribution is -2.47. The summed E-state index contributed by atoms with van der Waals surface area (Å²) in [7, 11) is 2.09. The van der Waals surface area contributed by atoms with Crippen LogP contribution in [0.4, 0.5) is 5.69 Å². The molecule has 9 heteroatoms. The van der Waals surface area contributed by atoms with Crippen molar-refractivity contribution in [2.45, 2.75) is 64.8 Å². The van der Waals surface area contributed by atoms with Crippen LogP contribution in [-0.2, 0) is 11.3 Å². The molecule has 0 saturated heterocycles. The molecule has 3 aromatic rings. The highest BCUT2D eigenvalue weighted by molar-refractivity contribution is 6.05. The SMILES string of the molecule is C[C@H](CO)N1C[C@H](C)[C@@H](CN(C)Cc2ccccc2)OCCCC[C@H](C)Oc2ccc(NC(=O)c3ccncc3)cc2C1=O. The molecule has 0 radical (unpaired) electrons. The van der Waals surface area contributed by atoms with Crippen LogP contribution in [0.5, 0.6) is 5.75 Å². The number of carbonyl (C=O) groups is 2. The first-order valence-corrected chi connectivity index (χ1v) is 15.5. The predicted octanol–water partition coefficient (Wildman–Crippen LogP) is 5.26. The van der Waals surface area contributed by atoms with Crippen molar-refractivity contribution in [3.05, 3.63) is 89.7 Å². The van der Waals surface area contributed by atoms with Crippen LogP contribution in [0, 0.1) is 5.92 Å². The molecule has 9 nitrogen and oxygen atoms in total. The van der Waals surface area contributed by atoms with Gasteiger partial charge < -0.3 is 24.8 Å².